The fraction of sp³-hybridized carbons (Fsp3) is 0.941. The maximum absolute atomic E-state index is 10.8. The van der Waals surface area contributed by atoms with E-state index in [0.29, 0.717) is 29.2 Å². The molecule has 0 N–H and O–H groups in total. The van der Waals surface area contributed by atoms with Gasteiger partial charge in [-0.25, -0.2) is 0 Å². The van der Waals surface area contributed by atoms with Crippen molar-refractivity contribution in [1.82, 2.24) is 9.80 Å². The maximum atomic E-state index is 10.8. The van der Waals surface area contributed by atoms with Crippen LogP contribution < -0.4 is 0 Å². The first-order valence-corrected chi connectivity index (χ1v) is 10.9. The van der Waals surface area contributed by atoms with E-state index in [-0.39, 0.29) is 0 Å². The van der Waals surface area contributed by atoms with Crippen molar-refractivity contribution in [3.63, 3.8) is 0 Å². The van der Waals surface area contributed by atoms with E-state index in [1.54, 1.807) is 0 Å². The van der Waals surface area contributed by atoms with E-state index in [1.807, 2.05) is 0 Å². The molecule has 22 heavy (non-hydrogen) atoms. The summed E-state index contributed by atoms with van der Waals surface area (Å²) >= 11 is 0. The van der Waals surface area contributed by atoms with Gasteiger partial charge in [-0.2, -0.15) is 0 Å². The molecule has 1 heterocycles. The van der Waals surface area contributed by atoms with Crippen LogP contribution in [0.15, 0.2) is 0 Å². The van der Waals surface area contributed by atoms with Crippen LogP contribution in [-0.4, -0.2) is 70.3 Å². The molecule has 0 aromatic carbocycles. The molecule has 4 nitrogen and oxygen atoms in total. The summed E-state index contributed by atoms with van der Waals surface area (Å²) in [5.74, 6) is 0. The summed E-state index contributed by atoms with van der Waals surface area (Å²) < 4.78 is 6.73. The molecule has 1 atom stereocenters. The molecule has 0 radical (unpaired) electrons. The van der Waals surface area contributed by atoms with E-state index in [4.69, 9.17) is 4.43 Å². The number of nitrogens with zero attached hydrogens (tertiary/aromatic N) is 2. The number of hydrogen-bond acceptors (Lipinski definition) is 4. The SMILES string of the molecule is CC(C)[Si](OCC1CN(CC=O)CCN1C)(C(C)C)C(C)C. The predicted octanol–water partition coefficient (Wildman–Crippen LogP) is 2.99. The topological polar surface area (TPSA) is 32.8 Å². The highest BCUT2D eigenvalue weighted by atomic mass is 28.4. The van der Waals surface area contributed by atoms with Crippen LogP contribution in [0.1, 0.15) is 41.5 Å². The van der Waals surface area contributed by atoms with E-state index in [0.717, 1.165) is 32.5 Å². The Morgan fingerprint density at radius 1 is 1.09 bits per heavy atom. The molecule has 1 unspecified atom stereocenters. The van der Waals surface area contributed by atoms with Gasteiger partial charge in [0.05, 0.1) is 13.2 Å². The first-order chi connectivity index (χ1) is 10.3. The fourth-order valence-electron chi connectivity index (χ4n) is 4.20. The van der Waals surface area contributed by atoms with Crippen molar-refractivity contribution in [1.29, 1.82) is 0 Å². The first-order valence-electron chi connectivity index (χ1n) is 8.75. The Morgan fingerprint density at radius 2 is 1.64 bits per heavy atom. The molecule has 0 saturated carbocycles. The molecule has 0 aromatic rings. The molecule has 0 spiro atoms. The highest BCUT2D eigenvalue weighted by Gasteiger charge is 2.45. The van der Waals surface area contributed by atoms with E-state index >= 15 is 0 Å². The van der Waals surface area contributed by atoms with E-state index in [9.17, 15) is 4.79 Å². The minimum Gasteiger partial charge on any atom is -0.414 e. The van der Waals surface area contributed by atoms with Gasteiger partial charge in [-0.1, -0.05) is 41.5 Å². The van der Waals surface area contributed by atoms with Gasteiger partial charge in [-0.3, -0.25) is 9.80 Å². The van der Waals surface area contributed by atoms with Crippen molar-refractivity contribution in [2.24, 2.45) is 0 Å². The second-order valence-corrected chi connectivity index (χ2v) is 13.1. The van der Waals surface area contributed by atoms with Gasteiger partial charge in [0.25, 0.3) is 0 Å². The summed E-state index contributed by atoms with van der Waals surface area (Å²) in [4.78, 5) is 15.4. The molecular formula is C17H36N2O2Si. The molecule has 1 fully saturated rings. The Labute approximate surface area is 138 Å². The monoisotopic (exact) mass is 328 g/mol. The fourth-order valence-corrected chi connectivity index (χ4v) is 9.68. The normalized spacial score (nSPS) is 22.0. The number of aldehydes is 1. The van der Waals surface area contributed by atoms with Gasteiger partial charge in [-0.05, 0) is 23.7 Å². The Kier molecular flexibility index (Phi) is 7.72. The summed E-state index contributed by atoms with van der Waals surface area (Å²) in [6, 6.07) is 0.400. The Morgan fingerprint density at radius 3 is 2.09 bits per heavy atom. The molecule has 1 aliphatic rings. The standard InChI is InChI=1S/C17H36N2O2Si/c1-14(2)22(15(3)4,16(5)6)21-13-17-12-19(10-11-20)9-8-18(17)7/h11,14-17H,8-10,12-13H2,1-7H3. The van der Waals surface area contributed by atoms with Gasteiger partial charge >= 0.3 is 0 Å². The van der Waals surface area contributed by atoms with Gasteiger partial charge in [0.15, 0.2) is 8.32 Å². The average molecular weight is 329 g/mol. The number of rotatable bonds is 8. The van der Waals surface area contributed by atoms with Crippen molar-refractivity contribution in [3.05, 3.63) is 0 Å². The highest BCUT2D eigenvalue weighted by molar-refractivity contribution is 6.77. The lowest BCUT2D eigenvalue weighted by Crippen LogP contribution is -2.56. The van der Waals surface area contributed by atoms with Gasteiger partial charge < -0.3 is 9.22 Å². The van der Waals surface area contributed by atoms with E-state index in [1.165, 1.54) is 0 Å². The van der Waals surface area contributed by atoms with E-state index < -0.39 is 8.32 Å². The second-order valence-electron chi connectivity index (χ2n) is 7.69. The molecular weight excluding hydrogens is 292 g/mol. The highest BCUT2D eigenvalue weighted by Crippen LogP contribution is 2.42. The van der Waals surface area contributed by atoms with Crippen LogP contribution in [-0.2, 0) is 9.22 Å². The molecule has 0 aliphatic carbocycles. The van der Waals surface area contributed by atoms with Gasteiger partial charge in [0.1, 0.15) is 6.29 Å². The maximum Gasteiger partial charge on any atom is 0.200 e. The quantitative estimate of drug-likeness (QED) is 0.506. The largest absolute Gasteiger partial charge is 0.414 e. The third-order valence-electron chi connectivity index (χ3n) is 5.43. The number of carbonyl (C=O) groups is 1. The summed E-state index contributed by atoms with van der Waals surface area (Å²) in [5.41, 5.74) is 1.85. The molecule has 5 heteroatoms. The van der Waals surface area contributed by atoms with Crippen molar-refractivity contribution in [3.8, 4) is 0 Å². The molecule has 130 valence electrons. The van der Waals surface area contributed by atoms with Gasteiger partial charge in [0, 0.05) is 25.7 Å². The lowest BCUT2D eigenvalue weighted by Gasteiger charge is -2.45. The smallest absolute Gasteiger partial charge is 0.200 e. The average Bonchev–Trinajstić information content (AvgIpc) is 2.41. The van der Waals surface area contributed by atoms with Crippen LogP contribution in [0.25, 0.3) is 0 Å². The Balaban J connectivity index is 2.76. The van der Waals surface area contributed by atoms with Gasteiger partial charge in [0.2, 0.25) is 0 Å². The minimum atomic E-state index is -1.80. The Bertz CT molecular complexity index is 326. The van der Waals surface area contributed by atoms with Crippen LogP contribution in [0, 0.1) is 0 Å². The minimum absolute atomic E-state index is 0.400. The number of piperazine rings is 1. The zero-order valence-electron chi connectivity index (χ0n) is 15.6. The van der Waals surface area contributed by atoms with Crippen molar-refractivity contribution < 1.29 is 9.22 Å². The lowest BCUT2D eigenvalue weighted by molar-refractivity contribution is -0.109. The molecule has 0 aromatic heterocycles. The zero-order chi connectivity index (χ0) is 16.9. The third-order valence-corrected chi connectivity index (χ3v) is 11.5. The summed E-state index contributed by atoms with van der Waals surface area (Å²) in [7, 11) is 0.380. The number of hydrogen-bond donors (Lipinski definition) is 0. The first kappa shape index (κ1) is 19.8. The zero-order valence-corrected chi connectivity index (χ0v) is 16.6. The number of carbonyl (C=O) groups excluding carboxylic acids is 1. The van der Waals surface area contributed by atoms with Crippen LogP contribution in [0.4, 0.5) is 0 Å². The third kappa shape index (κ3) is 4.40. The number of likely N-dealkylation sites (N-methyl/N-ethyl adjacent to an activating group) is 1. The molecule has 1 rings (SSSR count). The summed E-state index contributed by atoms with van der Waals surface area (Å²) in [6.07, 6.45) is 1.01. The molecule has 1 saturated heterocycles. The van der Waals surface area contributed by atoms with Crippen molar-refractivity contribution in [2.75, 3.05) is 39.8 Å². The van der Waals surface area contributed by atoms with Gasteiger partial charge in [-0.15, -0.1) is 0 Å². The van der Waals surface area contributed by atoms with Crippen LogP contribution >= 0.6 is 0 Å². The second kappa shape index (κ2) is 8.57. The molecule has 0 amide bonds. The summed E-state index contributed by atoms with van der Waals surface area (Å²) in [6.45, 7) is 18.3. The van der Waals surface area contributed by atoms with Crippen molar-refractivity contribution in [2.45, 2.75) is 64.2 Å². The van der Waals surface area contributed by atoms with Crippen molar-refractivity contribution >= 4 is 14.6 Å². The van der Waals surface area contributed by atoms with Crippen LogP contribution in [0.5, 0.6) is 0 Å². The summed E-state index contributed by atoms with van der Waals surface area (Å²) in [5, 5.41) is 0. The lowest BCUT2D eigenvalue weighted by atomic mass is 10.2. The molecule has 1 aliphatic heterocycles. The van der Waals surface area contributed by atoms with Crippen LogP contribution in [0.2, 0.25) is 16.6 Å². The van der Waals surface area contributed by atoms with Crippen LogP contribution in [0.3, 0.4) is 0 Å². The molecule has 0 bridgehead atoms. The Hall–Kier alpha value is -0.233. The van der Waals surface area contributed by atoms with E-state index in [2.05, 4.69) is 58.4 Å². The predicted molar refractivity (Wildman–Crippen MR) is 95.9 cm³/mol.